The third-order valence-electron chi connectivity index (χ3n) is 4.78. The van der Waals surface area contributed by atoms with Crippen LogP contribution in [-0.4, -0.2) is 65.0 Å². The first-order valence-corrected chi connectivity index (χ1v) is 8.45. The average molecular weight is 325 g/mol. The van der Waals surface area contributed by atoms with Crippen molar-refractivity contribution in [3.8, 4) is 0 Å². The molecule has 7 nitrogen and oxygen atoms in total. The minimum absolute atomic E-state index is 0.0141. The molecule has 130 valence electrons. The van der Waals surface area contributed by atoms with Gasteiger partial charge in [0.25, 0.3) is 0 Å². The summed E-state index contributed by atoms with van der Waals surface area (Å²) < 4.78 is 0. The quantitative estimate of drug-likeness (QED) is 0.814. The van der Waals surface area contributed by atoms with E-state index in [4.69, 9.17) is 5.11 Å². The van der Waals surface area contributed by atoms with E-state index in [1.54, 1.807) is 4.90 Å². The van der Waals surface area contributed by atoms with Crippen molar-refractivity contribution in [1.29, 1.82) is 0 Å². The number of carbonyl (C=O) groups excluding carboxylic acids is 2. The molecule has 1 saturated heterocycles. The lowest BCUT2D eigenvalue weighted by Crippen LogP contribution is -2.55. The van der Waals surface area contributed by atoms with Gasteiger partial charge in [-0.25, -0.2) is 4.79 Å². The number of hydrogen-bond acceptors (Lipinski definition) is 3. The molecule has 2 rings (SSSR count). The molecule has 0 aromatic heterocycles. The van der Waals surface area contributed by atoms with Crippen LogP contribution in [0.15, 0.2) is 0 Å². The zero-order valence-corrected chi connectivity index (χ0v) is 14.0. The molecule has 23 heavy (non-hydrogen) atoms. The lowest BCUT2D eigenvalue weighted by atomic mass is 9.86. The standard InChI is InChI=1S/C16H27N3O4/c1-11(2)14(20)18-7-9-19(10-8-18)16(23)17-13-5-3-12(4-6-13)15(21)22/h11-13H,3-10H2,1-2H3,(H,17,23)(H,21,22). The fourth-order valence-electron chi connectivity index (χ4n) is 3.25. The van der Waals surface area contributed by atoms with Gasteiger partial charge in [0, 0.05) is 38.1 Å². The molecule has 1 saturated carbocycles. The highest BCUT2D eigenvalue weighted by molar-refractivity contribution is 5.79. The van der Waals surface area contributed by atoms with E-state index in [0.717, 1.165) is 0 Å². The largest absolute Gasteiger partial charge is 0.481 e. The molecule has 7 heteroatoms. The normalized spacial score (nSPS) is 25.3. The lowest BCUT2D eigenvalue weighted by molar-refractivity contribution is -0.143. The van der Waals surface area contributed by atoms with Crippen LogP contribution in [0.4, 0.5) is 4.79 Å². The third-order valence-corrected chi connectivity index (χ3v) is 4.78. The second kappa shape index (κ2) is 7.66. The Morgan fingerprint density at radius 3 is 1.96 bits per heavy atom. The molecule has 0 aromatic rings. The number of nitrogens with zero attached hydrogens (tertiary/aromatic N) is 2. The molecule has 0 bridgehead atoms. The summed E-state index contributed by atoms with van der Waals surface area (Å²) in [5.41, 5.74) is 0. The molecular weight excluding hydrogens is 298 g/mol. The number of rotatable bonds is 3. The summed E-state index contributed by atoms with van der Waals surface area (Å²) >= 11 is 0. The van der Waals surface area contributed by atoms with Gasteiger partial charge in [-0.1, -0.05) is 13.8 Å². The van der Waals surface area contributed by atoms with E-state index >= 15 is 0 Å². The average Bonchev–Trinajstić information content (AvgIpc) is 2.54. The smallest absolute Gasteiger partial charge is 0.317 e. The second-order valence-electron chi connectivity index (χ2n) is 6.80. The molecule has 2 aliphatic rings. The van der Waals surface area contributed by atoms with Crippen molar-refractivity contribution in [3.05, 3.63) is 0 Å². The first-order chi connectivity index (χ1) is 10.9. The van der Waals surface area contributed by atoms with Crippen molar-refractivity contribution in [2.75, 3.05) is 26.2 Å². The lowest BCUT2D eigenvalue weighted by Gasteiger charge is -2.37. The summed E-state index contributed by atoms with van der Waals surface area (Å²) in [5.74, 6) is -0.883. The number of carboxylic acid groups (broad SMARTS) is 1. The number of aliphatic carboxylic acids is 1. The Hall–Kier alpha value is -1.79. The maximum atomic E-state index is 12.3. The number of urea groups is 1. The first kappa shape index (κ1) is 17.6. The summed E-state index contributed by atoms with van der Waals surface area (Å²) in [6.45, 7) is 6.03. The number of carbonyl (C=O) groups is 3. The van der Waals surface area contributed by atoms with E-state index in [9.17, 15) is 14.4 Å². The molecule has 0 atom stereocenters. The number of amides is 3. The second-order valence-corrected chi connectivity index (χ2v) is 6.80. The van der Waals surface area contributed by atoms with Gasteiger partial charge < -0.3 is 20.2 Å². The Bertz CT molecular complexity index is 450. The highest BCUT2D eigenvalue weighted by Gasteiger charge is 2.29. The topological polar surface area (TPSA) is 90.0 Å². The molecule has 0 radical (unpaired) electrons. The fraction of sp³-hybridized carbons (Fsp3) is 0.812. The Labute approximate surface area is 137 Å². The van der Waals surface area contributed by atoms with E-state index in [2.05, 4.69) is 5.32 Å². The van der Waals surface area contributed by atoms with E-state index in [-0.39, 0.29) is 29.8 Å². The minimum atomic E-state index is -0.735. The summed E-state index contributed by atoms with van der Waals surface area (Å²) in [4.78, 5) is 38.7. The van der Waals surface area contributed by atoms with Gasteiger partial charge in [0.15, 0.2) is 0 Å². The molecule has 1 aliphatic heterocycles. The Morgan fingerprint density at radius 2 is 1.48 bits per heavy atom. The van der Waals surface area contributed by atoms with Crippen molar-refractivity contribution in [2.24, 2.45) is 11.8 Å². The van der Waals surface area contributed by atoms with Gasteiger partial charge in [-0.15, -0.1) is 0 Å². The van der Waals surface area contributed by atoms with Gasteiger partial charge in [0.2, 0.25) is 5.91 Å². The van der Waals surface area contributed by atoms with Gasteiger partial charge in [0.1, 0.15) is 0 Å². The van der Waals surface area contributed by atoms with Gasteiger partial charge >= 0.3 is 12.0 Å². The van der Waals surface area contributed by atoms with Crippen molar-refractivity contribution in [3.63, 3.8) is 0 Å². The Balaban J connectivity index is 1.73. The van der Waals surface area contributed by atoms with Crippen LogP contribution in [0.3, 0.4) is 0 Å². The highest BCUT2D eigenvalue weighted by atomic mass is 16.4. The molecule has 0 aromatic carbocycles. The van der Waals surface area contributed by atoms with Gasteiger partial charge in [-0.05, 0) is 25.7 Å². The number of hydrogen-bond donors (Lipinski definition) is 2. The molecule has 1 heterocycles. The van der Waals surface area contributed by atoms with Crippen molar-refractivity contribution in [1.82, 2.24) is 15.1 Å². The maximum Gasteiger partial charge on any atom is 0.317 e. The fourth-order valence-corrected chi connectivity index (χ4v) is 3.25. The molecule has 1 aliphatic carbocycles. The summed E-state index contributed by atoms with van der Waals surface area (Å²) in [7, 11) is 0. The Morgan fingerprint density at radius 1 is 0.957 bits per heavy atom. The number of piperazine rings is 1. The first-order valence-electron chi connectivity index (χ1n) is 8.45. The molecular formula is C16H27N3O4. The molecule has 0 unspecified atom stereocenters. The summed E-state index contributed by atoms with van der Waals surface area (Å²) in [6, 6.07) is -0.0335. The van der Waals surface area contributed by atoms with Crippen molar-refractivity contribution in [2.45, 2.75) is 45.6 Å². The number of nitrogens with one attached hydrogen (secondary N) is 1. The van der Waals surface area contributed by atoms with Crippen LogP contribution in [-0.2, 0) is 9.59 Å². The molecule has 3 amide bonds. The van der Waals surface area contributed by atoms with Gasteiger partial charge in [0.05, 0.1) is 5.92 Å². The minimum Gasteiger partial charge on any atom is -0.481 e. The van der Waals surface area contributed by atoms with Crippen LogP contribution < -0.4 is 5.32 Å². The van der Waals surface area contributed by atoms with Crippen LogP contribution in [0.2, 0.25) is 0 Å². The summed E-state index contributed by atoms with van der Waals surface area (Å²) in [5, 5.41) is 12.0. The molecule has 2 fully saturated rings. The van der Waals surface area contributed by atoms with Crippen LogP contribution in [0.5, 0.6) is 0 Å². The molecule has 2 N–H and O–H groups in total. The number of carboxylic acids is 1. The van der Waals surface area contributed by atoms with Crippen LogP contribution in [0, 0.1) is 11.8 Å². The van der Waals surface area contributed by atoms with Crippen LogP contribution in [0.25, 0.3) is 0 Å². The van der Waals surface area contributed by atoms with E-state index in [1.807, 2.05) is 18.7 Å². The third kappa shape index (κ3) is 4.59. The predicted molar refractivity (Wildman–Crippen MR) is 84.9 cm³/mol. The Kier molecular flexibility index (Phi) is 5.85. The van der Waals surface area contributed by atoms with E-state index in [0.29, 0.717) is 51.9 Å². The zero-order chi connectivity index (χ0) is 17.0. The van der Waals surface area contributed by atoms with E-state index < -0.39 is 5.97 Å². The molecule has 0 spiro atoms. The van der Waals surface area contributed by atoms with Crippen molar-refractivity contribution >= 4 is 17.9 Å². The zero-order valence-electron chi connectivity index (χ0n) is 14.0. The van der Waals surface area contributed by atoms with Gasteiger partial charge in [-0.3, -0.25) is 9.59 Å². The van der Waals surface area contributed by atoms with Crippen LogP contribution in [0.1, 0.15) is 39.5 Å². The van der Waals surface area contributed by atoms with E-state index in [1.165, 1.54) is 0 Å². The SMILES string of the molecule is CC(C)C(=O)N1CCN(C(=O)NC2CCC(C(=O)O)CC2)CC1. The summed E-state index contributed by atoms with van der Waals surface area (Å²) in [6.07, 6.45) is 2.68. The highest BCUT2D eigenvalue weighted by Crippen LogP contribution is 2.24. The maximum absolute atomic E-state index is 12.3. The van der Waals surface area contributed by atoms with Crippen LogP contribution >= 0.6 is 0 Å². The predicted octanol–water partition coefficient (Wildman–Crippen LogP) is 1.14. The van der Waals surface area contributed by atoms with Crippen molar-refractivity contribution < 1.29 is 19.5 Å². The van der Waals surface area contributed by atoms with Gasteiger partial charge in [-0.2, -0.15) is 0 Å². The monoisotopic (exact) mass is 325 g/mol.